The Bertz CT molecular complexity index is 209. The molecule has 0 saturated heterocycles. The molecule has 0 aromatic heterocycles. The van der Waals surface area contributed by atoms with E-state index in [0.717, 1.165) is 32.5 Å². The Morgan fingerprint density at radius 3 is 2.41 bits per heavy atom. The van der Waals surface area contributed by atoms with E-state index in [1.165, 1.54) is 0 Å². The highest BCUT2D eigenvalue weighted by Gasteiger charge is 2.13. The Balaban J connectivity index is 3.95. The maximum absolute atomic E-state index is 11.8. The lowest BCUT2D eigenvalue weighted by atomic mass is 10.2. The number of nitrogens with zero attached hydrogens (tertiary/aromatic N) is 2. The molecule has 17 heavy (non-hydrogen) atoms. The fourth-order valence-electron chi connectivity index (χ4n) is 1.83. The summed E-state index contributed by atoms with van der Waals surface area (Å²) < 4.78 is 0. The van der Waals surface area contributed by atoms with Gasteiger partial charge in [-0.15, -0.1) is 0 Å². The zero-order valence-corrected chi connectivity index (χ0v) is 11.9. The van der Waals surface area contributed by atoms with E-state index < -0.39 is 0 Å². The van der Waals surface area contributed by atoms with Crippen molar-refractivity contribution in [3.8, 4) is 0 Å². The third-order valence-electron chi connectivity index (χ3n) is 3.36. The van der Waals surface area contributed by atoms with E-state index in [9.17, 15) is 4.79 Å². The molecule has 0 fully saturated rings. The second kappa shape index (κ2) is 9.42. The number of hydrogen-bond donors (Lipinski definition) is 1. The van der Waals surface area contributed by atoms with E-state index in [0.29, 0.717) is 19.0 Å². The topological polar surface area (TPSA) is 49.6 Å². The van der Waals surface area contributed by atoms with Gasteiger partial charge in [0.05, 0.1) is 0 Å². The van der Waals surface area contributed by atoms with Gasteiger partial charge in [-0.3, -0.25) is 4.79 Å². The van der Waals surface area contributed by atoms with E-state index in [2.05, 4.69) is 25.7 Å². The van der Waals surface area contributed by atoms with Crippen molar-refractivity contribution in [1.82, 2.24) is 9.80 Å². The van der Waals surface area contributed by atoms with Gasteiger partial charge in [-0.1, -0.05) is 13.8 Å². The van der Waals surface area contributed by atoms with Gasteiger partial charge >= 0.3 is 0 Å². The van der Waals surface area contributed by atoms with Crippen LogP contribution in [0.15, 0.2) is 0 Å². The smallest absolute Gasteiger partial charge is 0.223 e. The average molecular weight is 243 g/mol. The molecule has 0 radical (unpaired) electrons. The maximum atomic E-state index is 11.8. The molecule has 0 bridgehead atoms. The van der Waals surface area contributed by atoms with Crippen molar-refractivity contribution >= 4 is 5.91 Å². The van der Waals surface area contributed by atoms with Gasteiger partial charge in [0.2, 0.25) is 5.91 Å². The lowest BCUT2D eigenvalue weighted by molar-refractivity contribution is -0.130. The zero-order valence-electron chi connectivity index (χ0n) is 11.9. The molecule has 0 aliphatic carbocycles. The number of carbonyl (C=O) groups excluding carboxylic acids is 1. The molecule has 1 atom stereocenters. The molecule has 0 saturated carbocycles. The molecule has 0 aliphatic heterocycles. The first-order valence-corrected chi connectivity index (χ1v) is 6.74. The Hall–Kier alpha value is -0.610. The first kappa shape index (κ1) is 16.4. The summed E-state index contributed by atoms with van der Waals surface area (Å²) in [5.74, 6) is 0.222. The van der Waals surface area contributed by atoms with Gasteiger partial charge in [-0.2, -0.15) is 0 Å². The predicted octanol–water partition coefficient (Wildman–Crippen LogP) is 1.30. The molecule has 4 heteroatoms. The van der Waals surface area contributed by atoms with Crippen LogP contribution in [0.4, 0.5) is 0 Å². The molecular formula is C13H29N3O. The summed E-state index contributed by atoms with van der Waals surface area (Å²) in [4.78, 5) is 16.0. The van der Waals surface area contributed by atoms with Gasteiger partial charge in [-0.25, -0.2) is 0 Å². The normalized spacial score (nSPS) is 12.8. The van der Waals surface area contributed by atoms with Crippen molar-refractivity contribution in [2.75, 3.05) is 33.2 Å². The Morgan fingerprint density at radius 1 is 1.29 bits per heavy atom. The van der Waals surface area contributed by atoms with Crippen LogP contribution in [-0.2, 0) is 4.79 Å². The molecule has 102 valence electrons. The molecular weight excluding hydrogens is 214 g/mol. The third-order valence-corrected chi connectivity index (χ3v) is 3.36. The lowest BCUT2D eigenvalue weighted by Gasteiger charge is -2.27. The second-order valence-electron chi connectivity index (χ2n) is 4.59. The number of amides is 1. The number of carbonyl (C=O) groups is 1. The fraction of sp³-hybridized carbons (Fsp3) is 0.923. The van der Waals surface area contributed by atoms with Crippen LogP contribution < -0.4 is 5.73 Å². The highest BCUT2D eigenvalue weighted by molar-refractivity contribution is 5.76. The van der Waals surface area contributed by atoms with E-state index in [4.69, 9.17) is 5.73 Å². The molecule has 0 aromatic carbocycles. The molecule has 1 unspecified atom stereocenters. The quantitative estimate of drug-likeness (QED) is 0.664. The van der Waals surface area contributed by atoms with Crippen LogP contribution in [0.3, 0.4) is 0 Å². The summed E-state index contributed by atoms with van der Waals surface area (Å²) in [6.45, 7) is 9.83. The third kappa shape index (κ3) is 6.64. The van der Waals surface area contributed by atoms with Gasteiger partial charge in [0.25, 0.3) is 0 Å². The standard InChI is InChI=1S/C13H29N3O/c1-5-12(3)16(6-2)11-8-13(17)15(4)10-7-9-14/h12H,5-11,14H2,1-4H3. The van der Waals surface area contributed by atoms with Crippen molar-refractivity contribution in [3.05, 3.63) is 0 Å². The van der Waals surface area contributed by atoms with Gasteiger partial charge in [0.15, 0.2) is 0 Å². The number of hydrogen-bond acceptors (Lipinski definition) is 3. The molecule has 4 nitrogen and oxygen atoms in total. The summed E-state index contributed by atoms with van der Waals surface area (Å²) in [6, 6.07) is 0.558. The van der Waals surface area contributed by atoms with Crippen molar-refractivity contribution in [2.24, 2.45) is 5.73 Å². The van der Waals surface area contributed by atoms with E-state index in [-0.39, 0.29) is 5.91 Å². The average Bonchev–Trinajstić information content (AvgIpc) is 2.35. The molecule has 0 aromatic rings. The van der Waals surface area contributed by atoms with Crippen LogP contribution in [0.25, 0.3) is 0 Å². The summed E-state index contributed by atoms with van der Waals surface area (Å²) in [5, 5.41) is 0. The van der Waals surface area contributed by atoms with Gasteiger partial charge in [0, 0.05) is 32.6 Å². The van der Waals surface area contributed by atoms with Crippen LogP contribution >= 0.6 is 0 Å². The van der Waals surface area contributed by atoms with Gasteiger partial charge in [-0.05, 0) is 32.9 Å². The van der Waals surface area contributed by atoms with Gasteiger partial charge in [0.1, 0.15) is 0 Å². The summed E-state index contributed by atoms with van der Waals surface area (Å²) in [7, 11) is 1.86. The van der Waals surface area contributed by atoms with E-state index in [1.807, 2.05) is 7.05 Å². The second-order valence-corrected chi connectivity index (χ2v) is 4.59. The Labute approximate surface area is 106 Å². The molecule has 0 heterocycles. The number of rotatable bonds is 9. The van der Waals surface area contributed by atoms with Crippen molar-refractivity contribution in [1.29, 1.82) is 0 Å². The predicted molar refractivity (Wildman–Crippen MR) is 72.9 cm³/mol. The van der Waals surface area contributed by atoms with Crippen LogP contribution in [-0.4, -0.2) is 55.0 Å². The monoisotopic (exact) mass is 243 g/mol. The van der Waals surface area contributed by atoms with Crippen LogP contribution in [0.5, 0.6) is 0 Å². The summed E-state index contributed by atoms with van der Waals surface area (Å²) in [5.41, 5.74) is 5.43. The molecule has 1 amide bonds. The highest BCUT2D eigenvalue weighted by atomic mass is 16.2. The van der Waals surface area contributed by atoms with E-state index >= 15 is 0 Å². The minimum Gasteiger partial charge on any atom is -0.346 e. The zero-order chi connectivity index (χ0) is 13.3. The lowest BCUT2D eigenvalue weighted by Crippen LogP contribution is -2.37. The van der Waals surface area contributed by atoms with Crippen molar-refractivity contribution < 1.29 is 4.79 Å². The van der Waals surface area contributed by atoms with Gasteiger partial charge < -0.3 is 15.5 Å². The largest absolute Gasteiger partial charge is 0.346 e. The van der Waals surface area contributed by atoms with Crippen molar-refractivity contribution in [3.63, 3.8) is 0 Å². The maximum Gasteiger partial charge on any atom is 0.223 e. The summed E-state index contributed by atoms with van der Waals surface area (Å²) >= 11 is 0. The van der Waals surface area contributed by atoms with E-state index in [1.54, 1.807) is 4.90 Å². The highest BCUT2D eigenvalue weighted by Crippen LogP contribution is 2.04. The summed E-state index contributed by atoms with van der Waals surface area (Å²) in [6.07, 6.45) is 2.62. The first-order chi connectivity index (χ1) is 8.06. The minimum atomic E-state index is 0.222. The minimum absolute atomic E-state index is 0.222. The molecule has 0 aliphatic rings. The Kier molecular flexibility index (Phi) is 9.09. The van der Waals surface area contributed by atoms with Crippen LogP contribution in [0.1, 0.15) is 40.0 Å². The molecule has 2 N–H and O–H groups in total. The molecule has 0 rings (SSSR count). The van der Waals surface area contributed by atoms with Crippen LogP contribution in [0.2, 0.25) is 0 Å². The van der Waals surface area contributed by atoms with Crippen molar-refractivity contribution in [2.45, 2.75) is 46.1 Å². The van der Waals surface area contributed by atoms with Crippen LogP contribution in [0, 0.1) is 0 Å². The fourth-order valence-corrected chi connectivity index (χ4v) is 1.83. The molecule has 0 spiro atoms. The first-order valence-electron chi connectivity index (χ1n) is 6.74. The number of nitrogens with two attached hydrogens (primary N) is 1. The Morgan fingerprint density at radius 2 is 1.94 bits per heavy atom. The SMILES string of the molecule is CCC(C)N(CC)CCC(=O)N(C)CCCN.